The van der Waals surface area contributed by atoms with E-state index in [9.17, 15) is 0 Å². The molecule has 0 aliphatic heterocycles. The summed E-state index contributed by atoms with van der Waals surface area (Å²) in [5, 5.41) is 14.4. The molecule has 2 amide bonds. The topological polar surface area (TPSA) is 156 Å². The second-order valence-electron chi connectivity index (χ2n) is 33.3. The molecule has 0 radical (unpaired) electrons. The van der Waals surface area contributed by atoms with Crippen LogP contribution < -0.4 is 10.6 Å². The van der Waals surface area contributed by atoms with Crippen molar-refractivity contribution in [2.45, 2.75) is 355 Å². The third-order valence-corrected chi connectivity index (χ3v) is 21.0. The standard InChI is InChI=1S/C83H148N8O2/c1-63(2)33-41-73(42-34-64(3)4)27-17-23-71(24-18-28-74(43-35-65(5)6)44-36-66(7)8)31-21-57-83(81(92)86-59-77-49-53-79(54-50-77)61-88-90-84,82(93)87-60-78-51-55-80(56-52-78)62-89-91-85)58-22-32-72(25-19-29-75(45-37-67(9)10)46-38-68(11)12)26-20-30-76(47-39-69(13)14)48-40-70(15)16/h49-56,63-76H,17-48,57-62H2,1-16H3,(H,86,92)(H,87,93). The van der Waals surface area contributed by atoms with Crippen molar-refractivity contribution < 1.29 is 9.59 Å². The minimum atomic E-state index is -1.27. The van der Waals surface area contributed by atoms with Gasteiger partial charge in [0, 0.05) is 22.9 Å². The van der Waals surface area contributed by atoms with Crippen LogP contribution >= 0.6 is 0 Å². The number of rotatable bonds is 58. The summed E-state index contributed by atoms with van der Waals surface area (Å²) in [7, 11) is 0. The lowest BCUT2D eigenvalue weighted by molar-refractivity contribution is -0.145. The van der Waals surface area contributed by atoms with Crippen LogP contribution in [0.2, 0.25) is 0 Å². The van der Waals surface area contributed by atoms with Gasteiger partial charge in [-0.3, -0.25) is 9.59 Å². The fraction of sp³-hybridized carbons (Fsp3) is 0.831. The number of carbonyl (C=O) groups is 2. The van der Waals surface area contributed by atoms with Gasteiger partial charge >= 0.3 is 0 Å². The number of carbonyl (C=O) groups excluding carboxylic acids is 2. The van der Waals surface area contributed by atoms with Gasteiger partial charge in [-0.2, -0.15) is 0 Å². The lowest BCUT2D eigenvalue weighted by atomic mass is 9.74. The number of azide groups is 2. The highest BCUT2D eigenvalue weighted by atomic mass is 16.2. The van der Waals surface area contributed by atoms with Crippen LogP contribution in [0.15, 0.2) is 58.8 Å². The van der Waals surface area contributed by atoms with Crippen molar-refractivity contribution in [3.05, 3.63) is 91.7 Å². The van der Waals surface area contributed by atoms with Gasteiger partial charge in [0.2, 0.25) is 11.8 Å². The van der Waals surface area contributed by atoms with Gasteiger partial charge in [0.1, 0.15) is 5.41 Å². The Labute approximate surface area is 574 Å². The highest BCUT2D eigenvalue weighted by molar-refractivity contribution is 6.05. The van der Waals surface area contributed by atoms with Crippen molar-refractivity contribution in [3.63, 3.8) is 0 Å². The van der Waals surface area contributed by atoms with E-state index in [0.29, 0.717) is 37.8 Å². The van der Waals surface area contributed by atoms with E-state index in [4.69, 9.17) is 11.1 Å². The van der Waals surface area contributed by atoms with Crippen molar-refractivity contribution in [3.8, 4) is 0 Å². The molecule has 0 unspecified atom stereocenters. The van der Waals surface area contributed by atoms with E-state index in [-0.39, 0.29) is 24.9 Å². The molecule has 2 aromatic rings. The number of benzene rings is 2. The molecule has 10 nitrogen and oxygen atoms in total. The van der Waals surface area contributed by atoms with Gasteiger partial charge in [0.15, 0.2) is 0 Å². The Balaban J connectivity index is 2.77. The molecule has 0 aliphatic carbocycles. The molecule has 2 N–H and O–H groups in total. The predicted molar refractivity (Wildman–Crippen MR) is 401 cm³/mol. The van der Waals surface area contributed by atoms with Crippen molar-refractivity contribution >= 4 is 11.8 Å². The van der Waals surface area contributed by atoms with E-state index in [1.54, 1.807) is 0 Å². The zero-order valence-electron chi connectivity index (χ0n) is 63.6. The number of nitrogens with zero attached hydrogens (tertiary/aromatic N) is 6. The molecule has 0 aliphatic rings. The molecule has 532 valence electrons. The van der Waals surface area contributed by atoms with Crippen LogP contribution in [-0.2, 0) is 35.8 Å². The molecule has 10 heteroatoms. The first kappa shape index (κ1) is 85.1. The Morgan fingerprint density at radius 3 is 0.710 bits per heavy atom. The third-order valence-electron chi connectivity index (χ3n) is 21.0. The average molecular weight is 1290 g/mol. The predicted octanol–water partition coefficient (Wildman–Crippen LogP) is 26.4. The summed E-state index contributed by atoms with van der Waals surface area (Å²) >= 11 is 0. The second-order valence-corrected chi connectivity index (χ2v) is 33.3. The molecule has 2 rings (SSSR count). The van der Waals surface area contributed by atoms with E-state index < -0.39 is 5.41 Å². The normalized spacial score (nSPS) is 12.4. The maximum atomic E-state index is 15.8. The Morgan fingerprint density at radius 1 is 0.312 bits per heavy atom. The third kappa shape index (κ3) is 42.3. The quantitative estimate of drug-likeness (QED) is 0.0293. The lowest BCUT2D eigenvalue weighted by Gasteiger charge is -2.33. The van der Waals surface area contributed by atoms with Crippen LogP contribution in [0.5, 0.6) is 0 Å². The molecule has 0 aromatic heterocycles. The molecular weight excluding hydrogens is 1140 g/mol. The van der Waals surface area contributed by atoms with Gasteiger partial charge in [-0.15, -0.1) is 0 Å². The van der Waals surface area contributed by atoms with Gasteiger partial charge < -0.3 is 10.6 Å². The summed E-state index contributed by atoms with van der Waals surface area (Å²) in [5.74, 6) is 9.63. The van der Waals surface area contributed by atoms with Crippen molar-refractivity contribution in [1.82, 2.24) is 10.6 Å². The molecule has 2 aromatic carbocycles. The van der Waals surface area contributed by atoms with Crippen molar-refractivity contribution in [2.24, 2.45) is 98.5 Å². The highest BCUT2D eigenvalue weighted by Gasteiger charge is 2.45. The summed E-state index contributed by atoms with van der Waals surface area (Å²) in [5.41, 5.74) is 20.5. The molecule has 0 saturated carbocycles. The zero-order valence-corrected chi connectivity index (χ0v) is 63.6. The van der Waals surface area contributed by atoms with Gasteiger partial charge in [-0.1, -0.05) is 375 Å². The van der Waals surface area contributed by atoms with E-state index in [1.807, 2.05) is 48.5 Å². The maximum Gasteiger partial charge on any atom is 0.235 e. The van der Waals surface area contributed by atoms with E-state index in [1.165, 1.54) is 180 Å². The first-order valence-electron chi connectivity index (χ1n) is 39.2. The SMILES string of the molecule is CC(C)CCC(CCCC(CCCC(CCC(C)C)CCC(C)C)CCCC(CCCC(CCCC(CCC(C)C)CCC(C)C)CCCC(CCC(C)C)CCC(C)C)(C(=O)NCc1ccc(CN=[N+]=[N-])cc1)C(=O)NCc1ccc(CN=[N+]=[N-])cc1)CCC(C)C. The summed E-state index contributed by atoms with van der Waals surface area (Å²) < 4.78 is 0. The van der Waals surface area contributed by atoms with Gasteiger partial charge in [0.05, 0.1) is 13.1 Å². The monoisotopic (exact) mass is 1290 g/mol. The summed E-state index contributed by atoms with van der Waals surface area (Å²) in [4.78, 5) is 37.5. The van der Waals surface area contributed by atoms with Crippen LogP contribution in [0.4, 0.5) is 0 Å². The average Bonchev–Trinajstić information content (AvgIpc) is 0.897. The van der Waals surface area contributed by atoms with Crippen LogP contribution in [-0.4, -0.2) is 11.8 Å². The molecule has 0 spiro atoms. The minimum Gasteiger partial charge on any atom is -0.351 e. The fourth-order valence-corrected chi connectivity index (χ4v) is 14.5. The van der Waals surface area contributed by atoms with E-state index in [2.05, 4.69) is 141 Å². The molecule has 0 heterocycles. The summed E-state index contributed by atoms with van der Waals surface area (Å²) in [6.07, 6.45) is 40.7. The number of hydrogen-bond acceptors (Lipinski definition) is 4. The number of nitrogens with one attached hydrogen (secondary N) is 2. The first-order chi connectivity index (χ1) is 44.4. The van der Waals surface area contributed by atoms with Crippen molar-refractivity contribution in [2.75, 3.05) is 0 Å². The number of hydrogen-bond donors (Lipinski definition) is 2. The molecule has 0 bridgehead atoms. The molecule has 0 fully saturated rings. The minimum absolute atomic E-state index is 0.163. The Hall–Kier alpha value is -4.00. The molecular formula is C83H148N8O2. The molecule has 0 saturated heterocycles. The Bertz CT molecular complexity index is 2000. The maximum absolute atomic E-state index is 15.8. The Kier molecular flexibility index (Phi) is 46.9. The Morgan fingerprint density at radius 2 is 0.505 bits per heavy atom. The molecule has 0 atom stereocenters. The van der Waals surface area contributed by atoms with E-state index >= 15 is 9.59 Å². The van der Waals surface area contributed by atoms with Crippen LogP contribution in [0.3, 0.4) is 0 Å². The van der Waals surface area contributed by atoms with Crippen LogP contribution in [0, 0.1) is 88.3 Å². The summed E-state index contributed by atoms with van der Waals surface area (Å²) in [6.45, 7) is 39.2. The van der Waals surface area contributed by atoms with E-state index in [0.717, 1.165) is 119 Å². The van der Waals surface area contributed by atoms with Gasteiger partial charge in [-0.05, 0) is 129 Å². The largest absolute Gasteiger partial charge is 0.351 e. The lowest BCUT2D eigenvalue weighted by Crippen LogP contribution is -2.51. The van der Waals surface area contributed by atoms with Gasteiger partial charge in [0.25, 0.3) is 0 Å². The molecule has 93 heavy (non-hydrogen) atoms. The second kappa shape index (κ2) is 51.3. The van der Waals surface area contributed by atoms with Crippen LogP contribution in [0.25, 0.3) is 20.9 Å². The number of amides is 2. The summed E-state index contributed by atoms with van der Waals surface area (Å²) in [6, 6.07) is 15.9. The van der Waals surface area contributed by atoms with Crippen molar-refractivity contribution in [1.29, 1.82) is 0 Å². The zero-order chi connectivity index (χ0) is 68.8. The fourth-order valence-electron chi connectivity index (χ4n) is 14.5. The highest BCUT2D eigenvalue weighted by Crippen LogP contribution is 2.39. The van der Waals surface area contributed by atoms with Gasteiger partial charge in [-0.25, -0.2) is 0 Å². The smallest absolute Gasteiger partial charge is 0.235 e. The first-order valence-corrected chi connectivity index (χ1v) is 39.2. The van der Waals surface area contributed by atoms with Crippen LogP contribution in [0.1, 0.15) is 351 Å².